The van der Waals surface area contributed by atoms with Crippen LogP contribution in [0, 0.1) is 17.7 Å². The maximum atomic E-state index is 13.4. The Bertz CT molecular complexity index is 393. The molecule has 0 saturated carbocycles. The first kappa shape index (κ1) is 12.4. The predicted octanol–water partition coefficient (Wildman–Crippen LogP) is 3.05. The molecule has 86 valence electrons. The Balaban J connectivity index is 2.54. The molecule has 16 heavy (non-hydrogen) atoms. The summed E-state index contributed by atoms with van der Waals surface area (Å²) in [6, 6.07) is 4.87. The number of anilines is 1. The van der Waals surface area contributed by atoms with Gasteiger partial charge in [0.05, 0.1) is 6.61 Å². The number of nitrogens with one attached hydrogen (secondary N) is 1. The quantitative estimate of drug-likeness (QED) is 0.609. The van der Waals surface area contributed by atoms with Crippen LogP contribution in [0.3, 0.4) is 0 Å². The molecular weight excluding hydrogens is 205 g/mol. The Morgan fingerprint density at radius 1 is 1.44 bits per heavy atom. The smallest absolute Gasteiger partial charge is 0.167 e. The summed E-state index contributed by atoms with van der Waals surface area (Å²) in [5.74, 6) is 5.69. The van der Waals surface area contributed by atoms with Crippen molar-refractivity contribution >= 4 is 5.69 Å². The van der Waals surface area contributed by atoms with Crippen molar-refractivity contribution in [1.82, 2.24) is 0 Å². The molecule has 0 unspecified atom stereocenters. The second-order valence-corrected chi connectivity index (χ2v) is 3.18. The molecule has 3 heteroatoms. The zero-order valence-corrected chi connectivity index (χ0v) is 9.64. The number of hydrogen-bond acceptors (Lipinski definition) is 2. The maximum Gasteiger partial charge on any atom is 0.167 e. The van der Waals surface area contributed by atoms with E-state index in [1.54, 1.807) is 19.1 Å². The summed E-state index contributed by atoms with van der Waals surface area (Å²) < 4.78 is 18.5. The zero-order valence-electron chi connectivity index (χ0n) is 9.64. The summed E-state index contributed by atoms with van der Waals surface area (Å²) in [5.41, 5.74) is 0.749. The average molecular weight is 221 g/mol. The van der Waals surface area contributed by atoms with Crippen molar-refractivity contribution in [1.29, 1.82) is 0 Å². The highest BCUT2D eigenvalue weighted by Gasteiger charge is 2.03. The van der Waals surface area contributed by atoms with Gasteiger partial charge in [0.2, 0.25) is 0 Å². The first-order chi connectivity index (χ1) is 7.77. The number of halogens is 1. The molecule has 0 amide bonds. The number of hydrogen-bond donors (Lipinski definition) is 1. The SMILES string of the molecule is CC#CCCNc1ccc(OCC)c(F)c1. The van der Waals surface area contributed by atoms with Gasteiger partial charge >= 0.3 is 0 Å². The van der Waals surface area contributed by atoms with Crippen LogP contribution in [0.4, 0.5) is 10.1 Å². The van der Waals surface area contributed by atoms with Crippen molar-refractivity contribution in [3.8, 4) is 17.6 Å². The van der Waals surface area contributed by atoms with Crippen molar-refractivity contribution in [3.63, 3.8) is 0 Å². The number of benzene rings is 1. The van der Waals surface area contributed by atoms with Crippen LogP contribution in [-0.2, 0) is 0 Å². The highest BCUT2D eigenvalue weighted by molar-refractivity contribution is 5.47. The van der Waals surface area contributed by atoms with Crippen LogP contribution in [0.2, 0.25) is 0 Å². The second kappa shape index (κ2) is 6.73. The molecule has 0 radical (unpaired) electrons. The second-order valence-electron chi connectivity index (χ2n) is 3.18. The Labute approximate surface area is 95.8 Å². The lowest BCUT2D eigenvalue weighted by molar-refractivity contribution is 0.321. The van der Waals surface area contributed by atoms with Crippen LogP contribution >= 0.6 is 0 Å². The number of ether oxygens (including phenoxy) is 1. The van der Waals surface area contributed by atoms with E-state index in [9.17, 15) is 4.39 Å². The molecular formula is C13H16FNO. The van der Waals surface area contributed by atoms with E-state index in [4.69, 9.17) is 4.74 Å². The third kappa shape index (κ3) is 3.82. The molecule has 0 atom stereocenters. The van der Waals surface area contributed by atoms with Gasteiger partial charge in [0.1, 0.15) is 0 Å². The minimum atomic E-state index is -0.339. The minimum Gasteiger partial charge on any atom is -0.491 e. The molecule has 0 heterocycles. The largest absolute Gasteiger partial charge is 0.491 e. The van der Waals surface area contributed by atoms with E-state index < -0.39 is 0 Å². The highest BCUT2D eigenvalue weighted by atomic mass is 19.1. The summed E-state index contributed by atoms with van der Waals surface area (Å²) in [4.78, 5) is 0. The molecule has 1 aromatic carbocycles. The first-order valence-corrected chi connectivity index (χ1v) is 5.33. The lowest BCUT2D eigenvalue weighted by Crippen LogP contribution is -2.01. The molecule has 0 fully saturated rings. The van der Waals surface area contributed by atoms with Gasteiger partial charge in [-0.2, -0.15) is 0 Å². The fourth-order valence-corrected chi connectivity index (χ4v) is 1.28. The third-order valence-electron chi connectivity index (χ3n) is 1.99. The Hall–Kier alpha value is -1.69. The third-order valence-corrected chi connectivity index (χ3v) is 1.99. The molecule has 0 bridgehead atoms. The molecule has 1 rings (SSSR count). The standard InChI is InChI=1S/C13H16FNO/c1-3-5-6-9-15-11-7-8-13(16-4-2)12(14)10-11/h7-8,10,15H,4,6,9H2,1-2H3. The van der Waals surface area contributed by atoms with Crippen molar-refractivity contribution in [2.45, 2.75) is 20.3 Å². The van der Waals surface area contributed by atoms with Gasteiger partial charge in [-0.05, 0) is 26.0 Å². The van der Waals surface area contributed by atoms with Gasteiger partial charge in [-0.25, -0.2) is 4.39 Å². The lowest BCUT2D eigenvalue weighted by atomic mass is 10.3. The Morgan fingerprint density at radius 2 is 2.25 bits per heavy atom. The molecule has 0 aromatic heterocycles. The van der Waals surface area contributed by atoms with E-state index in [0.29, 0.717) is 18.9 Å². The van der Waals surface area contributed by atoms with E-state index in [0.717, 1.165) is 12.1 Å². The summed E-state index contributed by atoms with van der Waals surface area (Å²) in [7, 11) is 0. The van der Waals surface area contributed by atoms with Crippen molar-refractivity contribution in [3.05, 3.63) is 24.0 Å². The summed E-state index contributed by atoms with van der Waals surface area (Å²) in [6.45, 7) is 4.82. The minimum absolute atomic E-state index is 0.293. The number of rotatable bonds is 5. The molecule has 0 aliphatic heterocycles. The van der Waals surface area contributed by atoms with Crippen molar-refractivity contribution < 1.29 is 9.13 Å². The van der Waals surface area contributed by atoms with Crippen LogP contribution in [0.5, 0.6) is 5.75 Å². The Morgan fingerprint density at radius 3 is 2.88 bits per heavy atom. The average Bonchev–Trinajstić information content (AvgIpc) is 2.28. The lowest BCUT2D eigenvalue weighted by Gasteiger charge is -2.07. The fourth-order valence-electron chi connectivity index (χ4n) is 1.28. The molecule has 1 aromatic rings. The topological polar surface area (TPSA) is 21.3 Å². The van der Waals surface area contributed by atoms with Crippen molar-refractivity contribution in [2.24, 2.45) is 0 Å². The van der Waals surface area contributed by atoms with Crippen LogP contribution < -0.4 is 10.1 Å². The summed E-state index contributed by atoms with van der Waals surface area (Å²) in [5, 5.41) is 3.09. The zero-order chi connectivity index (χ0) is 11.8. The van der Waals surface area contributed by atoms with Gasteiger partial charge in [-0.3, -0.25) is 0 Å². The summed E-state index contributed by atoms with van der Waals surface area (Å²) >= 11 is 0. The van der Waals surface area contributed by atoms with Gasteiger partial charge in [-0.1, -0.05) is 0 Å². The van der Waals surface area contributed by atoms with E-state index in [1.807, 2.05) is 6.92 Å². The van der Waals surface area contributed by atoms with Gasteiger partial charge < -0.3 is 10.1 Å². The van der Waals surface area contributed by atoms with E-state index >= 15 is 0 Å². The normalized spacial score (nSPS) is 9.19. The Kier molecular flexibility index (Phi) is 5.21. The van der Waals surface area contributed by atoms with Crippen molar-refractivity contribution in [2.75, 3.05) is 18.5 Å². The predicted molar refractivity (Wildman–Crippen MR) is 64.1 cm³/mol. The molecule has 0 aliphatic carbocycles. The molecule has 1 N–H and O–H groups in total. The van der Waals surface area contributed by atoms with E-state index in [-0.39, 0.29) is 5.82 Å². The molecule has 0 aliphatic rings. The van der Waals surface area contributed by atoms with Crippen LogP contribution in [0.25, 0.3) is 0 Å². The monoisotopic (exact) mass is 221 g/mol. The van der Waals surface area contributed by atoms with Gasteiger partial charge in [0.25, 0.3) is 0 Å². The fraction of sp³-hybridized carbons (Fsp3) is 0.385. The highest BCUT2D eigenvalue weighted by Crippen LogP contribution is 2.20. The van der Waals surface area contributed by atoms with Crippen LogP contribution in [0.15, 0.2) is 18.2 Å². The molecule has 2 nitrogen and oxygen atoms in total. The molecule has 0 saturated heterocycles. The van der Waals surface area contributed by atoms with E-state index in [2.05, 4.69) is 17.2 Å². The van der Waals surface area contributed by atoms with Crippen LogP contribution in [-0.4, -0.2) is 13.2 Å². The summed E-state index contributed by atoms with van der Waals surface area (Å²) in [6.07, 6.45) is 0.755. The molecule has 0 spiro atoms. The van der Waals surface area contributed by atoms with E-state index in [1.165, 1.54) is 6.07 Å². The van der Waals surface area contributed by atoms with Gasteiger partial charge in [0.15, 0.2) is 11.6 Å². The van der Waals surface area contributed by atoms with Gasteiger partial charge in [0, 0.05) is 24.7 Å². The first-order valence-electron chi connectivity index (χ1n) is 5.33. The maximum absolute atomic E-state index is 13.4. The van der Waals surface area contributed by atoms with Crippen LogP contribution in [0.1, 0.15) is 20.3 Å². The van der Waals surface area contributed by atoms with Gasteiger partial charge in [-0.15, -0.1) is 11.8 Å².